The summed E-state index contributed by atoms with van der Waals surface area (Å²) in [5.74, 6) is 0.982. The van der Waals surface area contributed by atoms with Gasteiger partial charge in [-0.1, -0.05) is 25.7 Å². The van der Waals surface area contributed by atoms with Crippen LogP contribution in [0.15, 0.2) is 24.3 Å². The number of carbonyl (C=O) groups excluding carboxylic acids is 1. The minimum atomic E-state index is -0.455. The zero-order chi connectivity index (χ0) is 22.9. The molecule has 3 aromatic rings. The molecule has 1 aliphatic carbocycles. The lowest BCUT2D eigenvalue weighted by Crippen LogP contribution is -2.17. The van der Waals surface area contributed by atoms with Gasteiger partial charge in [0.05, 0.1) is 11.3 Å². The number of nitrogens with one attached hydrogen (secondary N) is 1. The molecule has 6 nitrogen and oxygen atoms in total. The first-order chi connectivity index (χ1) is 16.0. The van der Waals surface area contributed by atoms with E-state index in [0.717, 1.165) is 67.2 Å². The average molecular weight is 450 g/mol. The Balaban J connectivity index is 1.41. The highest BCUT2D eigenvalue weighted by molar-refractivity contribution is 6.05. The summed E-state index contributed by atoms with van der Waals surface area (Å²) in [6.07, 6.45) is 10.3. The van der Waals surface area contributed by atoms with Crippen molar-refractivity contribution >= 4 is 11.6 Å². The topological polar surface area (TPSA) is 64.7 Å². The third-order valence-electron chi connectivity index (χ3n) is 7.25. The summed E-state index contributed by atoms with van der Waals surface area (Å²) >= 11 is 0. The monoisotopic (exact) mass is 449 g/mol. The molecular formula is C26H32FN5O. The Bertz CT molecular complexity index is 1170. The van der Waals surface area contributed by atoms with Crippen LogP contribution in [0.1, 0.15) is 85.0 Å². The number of hydrogen-bond acceptors (Lipinski definition) is 3. The smallest absolute Gasteiger partial charge is 0.257 e. The molecule has 2 aromatic heterocycles. The Hall–Kier alpha value is -2.96. The normalized spacial score (nSPS) is 16.9. The molecule has 1 aliphatic heterocycles. The van der Waals surface area contributed by atoms with Crippen LogP contribution in [0, 0.1) is 19.7 Å². The maximum absolute atomic E-state index is 14.7. The van der Waals surface area contributed by atoms with Crippen LogP contribution in [-0.2, 0) is 13.0 Å². The molecule has 1 N–H and O–H groups in total. The van der Waals surface area contributed by atoms with Crippen molar-refractivity contribution < 1.29 is 9.18 Å². The molecule has 0 saturated heterocycles. The van der Waals surface area contributed by atoms with E-state index in [1.807, 2.05) is 13.0 Å². The predicted molar refractivity (Wildman–Crippen MR) is 127 cm³/mol. The number of amides is 1. The molecular weight excluding hydrogens is 417 g/mol. The number of benzene rings is 1. The number of halogens is 1. The third-order valence-corrected chi connectivity index (χ3v) is 7.25. The predicted octanol–water partition coefficient (Wildman–Crippen LogP) is 5.99. The number of aromatic nitrogens is 4. The fraction of sp³-hybridized carbons (Fsp3) is 0.500. The maximum Gasteiger partial charge on any atom is 0.257 e. The number of rotatable bonds is 4. The zero-order valence-electron chi connectivity index (χ0n) is 19.5. The Morgan fingerprint density at radius 1 is 1.03 bits per heavy atom. The van der Waals surface area contributed by atoms with Gasteiger partial charge >= 0.3 is 0 Å². The molecule has 33 heavy (non-hydrogen) atoms. The summed E-state index contributed by atoms with van der Waals surface area (Å²) in [7, 11) is 0. The van der Waals surface area contributed by atoms with Crippen LogP contribution >= 0.6 is 0 Å². The summed E-state index contributed by atoms with van der Waals surface area (Å²) in [6.45, 7) is 4.91. The van der Waals surface area contributed by atoms with Crippen LogP contribution in [0.3, 0.4) is 0 Å². The fourth-order valence-corrected chi connectivity index (χ4v) is 5.56. The van der Waals surface area contributed by atoms with Gasteiger partial charge in [0.1, 0.15) is 11.6 Å². The highest BCUT2D eigenvalue weighted by atomic mass is 19.1. The molecule has 1 fully saturated rings. The van der Waals surface area contributed by atoms with Crippen LogP contribution in [-0.4, -0.2) is 25.2 Å². The van der Waals surface area contributed by atoms with Gasteiger partial charge in [-0.25, -0.2) is 4.39 Å². The molecule has 5 rings (SSSR count). The van der Waals surface area contributed by atoms with Gasteiger partial charge in [-0.2, -0.15) is 0 Å². The first-order valence-corrected chi connectivity index (χ1v) is 12.2. The highest BCUT2D eigenvalue weighted by Crippen LogP contribution is 2.33. The Morgan fingerprint density at radius 2 is 1.82 bits per heavy atom. The van der Waals surface area contributed by atoms with E-state index in [1.165, 1.54) is 31.7 Å². The van der Waals surface area contributed by atoms with E-state index >= 15 is 0 Å². The van der Waals surface area contributed by atoms with Crippen molar-refractivity contribution in [2.24, 2.45) is 0 Å². The first-order valence-electron chi connectivity index (χ1n) is 12.2. The second kappa shape index (κ2) is 9.12. The molecule has 1 aromatic carbocycles. The van der Waals surface area contributed by atoms with Crippen LogP contribution < -0.4 is 5.32 Å². The molecule has 2 aliphatic rings. The van der Waals surface area contributed by atoms with E-state index < -0.39 is 5.82 Å². The van der Waals surface area contributed by atoms with Gasteiger partial charge in [0.15, 0.2) is 5.82 Å². The minimum Gasteiger partial charge on any atom is -0.345 e. The summed E-state index contributed by atoms with van der Waals surface area (Å²) in [6, 6.07) is 7.16. The first kappa shape index (κ1) is 21.9. The van der Waals surface area contributed by atoms with Gasteiger partial charge in [0.25, 0.3) is 5.91 Å². The van der Waals surface area contributed by atoms with E-state index in [0.29, 0.717) is 11.6 Å². The third kappa shape index (κ3) is 4.21. The molecule has 0 unspecified atom stereocenters. The Morgan fingerprint density at radius 3 is 2.64 bits per heavy atom. The van der Waals surface area contributed by atoms with Crippen molar-refractivity contribution in [1.29, 1.82) is 0 Å². The maximum atomic E-state index is 14.7. The average Bonchev–Trinajstić information content (AvgIpc) is 3.26. The molecule has 0 spiro atoms. The Labute approximate surface area is 194 Å². The van der Waals surface area contributed by atoms with Crippen molar-refractivity contribution in [2.75, 3.05) is 5.32 Å². The highest BCUT2D eigenvalue weighted by Gasteiger charge is 2.24. The minimum absolute atomic E-state index is 0.172. The van der Waals surface area contributed by atoms with E-state index in [-0.39, 0.29) is 11.6 Å². The van der Waals surface area contributed by atoms with Gasteiger partial charge in [0, 0.05) is 36.0 Å². The number of aryl methyl sites for hydroxylation is 2. The number of nitrogens with zero attached hydrogens (tertiary/aromatic N) is 4. The molecule has 174 valence electrons. The van der Waals surface area contributed by atoms with Gasteiger partial charge in [-0.05, 0) is 63.8 Å². The molecule has 1 amide bonds. The van der Waals surface area contributed by atoms with Gasteiger partial charge in [0.2, 0.25) is 0 Å². The van der Waals surface area contributed by atoms with Crippen LogP contribution in [0.4, 0.5) is 10.1 Å². The van der Waals surface area contributed by atoms with Crippen molar-refractivity contribution in [3.63, 3.8) is 0 Å². The number of carbonyl (C=O) groups is 1. The van der Waals surface area contributed by atoms with Crippen LogP contribution in [0.5, 0.6) is 0 Å². The van der Waals surface area contributed by atoms with Crippen molar-refractivity contribution in [3.8, 4) is 11.4 Å². The van der Waals surface area contributed by atoms with Gasteiger partial charge in [-0.3, -0.25) is 4.79 Å². The summed E-state index contributed by atoms with van der Waals surface area (Å²) in [5, 5.41) is 11.5. The van der Waals surface area contributed by atoms with Crippen molar-refractivity contribution in [1.82, 2.24) is 19.3 Å². The summed E-state index contributed by atoms with van der Waals surface area (Å²) < 4.78 is 19.1. The quantitative estimate of drug-likeness (QED) is 0.532. The lowest BCUT2D eigenvalue weighted by Gasteiger charge is -2.26. The summed E-state index contributed by atoms with van der Waals surface area (Å²) in [5.41, 5.74) is 3.59. The van der Waals surface area contributed by atoms with E-state index in [2.05, 4.69) is 31.6 Å². The lowest BCUT2D eigenvalue weighted by molar-refractivity contribution is 0.102. The molecule has 0 atom stereocenters. The van der Waals surface area contributed by atoms with Gasteiger partial charge < -0.3 is 14.5 Å². The number of anilines is 1. The molecule has 3 heterocycles. The second-order valence-electron chi connectivity index (χ2n) is 9.50. The summed E-state index contributed by atoms with van der Waals surface area (Å²) in [4.78, 5) is 13.2. The van der Waals surface area contributed by atoms with Gasteiger partial charge in [-0.15, -0.1) is 10.2 Å². The van der Waals surface area contributed by atoms with E-state index in [4.69, 9.17) is 0 Å². The zero-order valence-corrected chi connectivity index (χ0v) is 19.5. The number of hydrogen-bond donors (Lipinski definition) is 1. The van der Waals surface area contributed by atoms with Crippen molar-refractivity contribution in [3.05, 3.63) is 52.9 Å². The van der Waals surface area contributed by atoms with E-state index in [9.17, 15) is 9.18 Å². The number of fused-ring (bicyclic) bond motifs is 1. The molecule has 0 bridgehead atoms. The van der Waals surface area contributed by atoms with E-state index in [1.54, 1.807) is 12.1 Å². The second-order valence-corrected chi connectivity index (χ2v) is 9.50. The fourth-order valence-electron chi connectivity index (χ4n) is 5.56. The van der Waals surface area contributed by atoms with Crippen molar-refractivity contribution in [2.45, 2.75) is 84.2 Å². The SMILES string of the molecule is Cc1cc(C(=O)Nc2cc(-c3nnc4n3CCCCC4)ccc2F)c(C)n1C1CCCCC1. The molecule has 7 heteroatoms. The Kier molecular flexibility index (Phi) is 6.04. The largest absolute Gasteiger partial charge is 0.345 e. The lowest BCUT2D eigenvalue weighted by atomic mass is 9.95. The standard InChI is InChI=1S/C26H32FN5O/c1-17-15-21(18(2)32(17)20-9-5-3-6-10-20)26(33)28-23-16-19(12-13-22(23)27)25-30-29-24-11-7-4-8-14-31(24)25/h12-13,15-16,20H,3-11,14H2,1-2H3,(H,28,33). The molecule has 1 saturated carbocycles. The van der Waals surface area contributed by atoms with Crippen LogP contribution in [0.2, 0.25) is 0 Å². The van der Waals surface area contributed by atoms with Crippen LogP contribution in [0.25, 0.3) is 11.4 Å². The molecule has 0 radical (unpaired) electrons.